The lowest BCUT2D eigenvalue weighted by atomic mass is 10.1. The normalized spacial score (nSPS) is 10.5. The maximum atomic E-state index is 5.49. The van der Waals surface area contributed by atoms with Crippen LogP contribution in [0.3, 0.4) is 0 Å². The molecule has 2 rings (SSSR count). The molecule has 78 valence electrons. The van der Waals surface area contributed by atoms with E-state index in [-0.39, 0.29) is 0 Å². The first-order valence-electron chi connectivity index (χ1n) is 4.89. The molecule has 0 atom stereocenters. The molecule has 0 aliphatic rings. The summed E-state index contributed by atoms with van der Waals surface area (Å²) in [5.41, 5.74) is 7.89. The van der Waals surface area contributed by atoms with Crippen LogP contribution in [0.4, 0.5) is 0 Å². The van der Waals surface area contributed by atoms with E-state index in [4.69, 9.17) is 5.73 Å². The van der Waals surface area contributed by atoms with Gasteiger partial charge in [0.2, 0.25) is 0 Å². The minimum atomic E-state index is 0.692. The molecule has 1 aromatic carbocycles. The Hall–Kier alpha value is -1.26. The van der Waals surface area contributed by atoms with E-state index in [1.54, 1.807) is 11.3 Å². The van der Waals surface area contributed by atoms with Crippen molar-refractivity contribution < 1.29 is 0 Å². The van der Waals surface area contributed by atoms with Gasteiger partial charge in [0, 0.05) is 5.56 Å². The number of hydrogen-bond donors (Lipinski definition) is 1. The van der Waals surface area contributed by atoms with E-state index >= 15 is 0 Å². The molecule has 1 heterocycles. The third-order valence-electron chi connectivity index (χ3n) is 2.16. The summed E-state index contributed by atoms with van der Waals surface area (Å²) in [6.07, 6.45) is 0.926. The average Bonchev–Trinajstić information content (AvgIpc) is 2.67. The lowest BCUT2D eigenvalue weighted by molar-refractivity contribution is 0.969. The lowest BCUT2D eigenvalue weighted by Gasteiger charge is -1.99. The van der Waals surface area contributed by atoms with Crippen LogP contribution in [-0.4, -0.2) is 16.7 Å². The zero-order valence-electron chi connectivity index (χ0n) is 8.60. The van der Waals surface area contributed by atoms with Gasteiger partial charge < -0.3 is 5.73 Å². The van der Waals surface area contributed by atoms with Crippen molar-refractivity contribution in [1.82, 2.24) is 10.2 Å². The van der Waals surface area contributed by atoms with Gasteiger partial charge in [-0.05, 0) is 25.5 Å². The van der Waals surface area contributed by atoms with Gasteiger partial charge in [-0.25, -0.2) is 0 Å². The summed E-state index contributed by atoms with van der Waals surface area (Å²) in [6, 6.07) is 8.34. The molecular formula is C11H13N3S. The molecule has 2 N–H and O–H groups in total. The summed E-state index contributed by atoms with van der Waals surface area (Å²) in [7, 11) is 0. The molecule has 0 saturated carbocycles. The van der Waals surface area contributed by atoms with E-state index in [1.807, 2.05) is 6.92 Å². The molecule has 0 unspecified atom stereocenters. The van der Waals surface area contributed by atoms with Gasteiger partial charge in [0.25, 0.3) is 0 Å². The fourth-order valence-electron chi connectivity index (χ4n) is 1.39. The van der Waals surface area contributed by atoms with Gasteiger partial charge in [-0.15, -0.1) is 10.2 Å². The largest absolute Gasteiger partial charge is 0.330 e. The molecule has 15 heavy (non-hydrogen) atoms. The highest BCUT2D eigenvalue weighted by atomic mass is 32.1. The van der Waals surface area contributed by atoms with Gasteiger partial charge >= 0.3 is 0 Å². The van der Waals surface area contributed by atoms with Gasteiger partial charge in [0.15, 0.2) is 0 Å². The van der Waals surface area contributed by atoms with Crippen LogP contribution in [0.1, 0.15) is 10.6 Å². The smallest absolute Gasteiger partial charge is 0.147 e. The van der Waals surface area contributed by atoms with Gasteiger partial charge in [-0.2, -0.15) is 0 Å². The lowest BCUT2D eigenvalue weighted by Crippen LogP contribution is -2.02. The number of hydrogen-bond acceptors (Lipinski definition) is 4. The monoisotopic (exact) mass is 219 g/mol. The topological polar surface area (TPSA) is 51.8 Å². The predicted octanol–water partition coefficient (Wildman–Crippen LogP) is 2.01. The highest BCUT2D eigenvalue weighted by molar-refractivity contribution is 7.14. The van der Waals surface area contributed by atoms with Gasteiger partial charge in [-0.1, -0.05) is 35.6 Å². The summed E-state index contributed by atoms with van der Waals surface area (Å²) in [5.74, 6) is 0. The summed E-state index contributed by atoms with van der Waals surface area (Å²) < 4.78 is 0. The Morgan fingerprint density at radius 2 is 1.93 bits per heavy atom. The first-order chi connectivity index (χ1) is 7.29. The molecule has 1 aromatic heterocycles. The molecule has 0 aliphatic heterocycles. The summed E-state index contributed by atoms with van der Waals surface area (Å²) in [6.45, 7) is 2.65. The van der Waals surface area contributed by atoms with Crippen molar-refractivity contribution in [1.29, 1.82) is 0 Å². The Morgan fingerprint density at radius 3 is 2.47 bits per heavy atom. The van der Waals surface area contributed by atoms with Crippen LogP contribution in [0.25, 0.3) is 10.6 Å². The van der Waals surface area contributed by atoms with E-state index in [2.05, 4.69) is 34.5 Å². The first kappa shape index (κ1) is 10.3. The Balaban J connectivity index is 2.23. The van der Waals surface area contributed by atoms with Crippen LogP contribution in [-0.2, 0) is 6.42 Å². The van der Waals surface area contributed by atoms with E-state index in [0.717, 1.165) is 22.0 Å². The molecule has 4 heteroatoms. The van der Waals surface area contributed by atoms with E-state index < -0.39 is 0 Å². The molecular weight excluding hydrogens is 206 g/mol. The van der Waals surface area contributed by atoms with E-state index in [0.29, 0.717) is 6.54 Å². The standard InChI is InChI=1S/C11H13N3S/c1-8-13-14-11(15-8)10-4-2-9(3-5-10)6-7-12/h2-5H,6-7,12H2,1H3. The predicted molar refractivity (Wildman–Crippen MR) is 62.8 cm³/mol. The van der Waals surface area contributed by atoms with Crippen molar-refractivity contribution in [3.05, 3.63) is 34.8 Å². The van der Waals surface area contributed by atoms with Gasteiger partial charge in [0.1, 0.15) is 10.0 Å². The second kappa shape index (κ2) is 4.51. The van der Waals surface area contributed by atoms with Crippen LogP contribution in [0.15, 0.2) is 24.3 Å². The van der Waals surface area contributed by atoms with Crippen molar-refractivity contribution in [2.75, 3.05) is 6.54 Å². The first-order valence-corrected chi connectivity index (χ1v) is 5.71. The molecule has 2 aromatic rings. The maximum absolute atomic E-state index is 5.49. The summed E-state index contributed by atoms with van der Waals surface area (Å²) in [4.78, 5) is 0. The molecule has 0 aliphatic carbocycles. The molecule has 0 bridgehead atoms. The Bertz CT molecular complexity index is 433. The van der Waals surface area contributed by atoms with Crippen LogP contribution < -0.4 is 5.73 Å². The third-order valence-corrected chi connectivity index (χ3v) is 3.05. The summed E-state index contributed by atoms with van der Waals surface area (Å²) >= 11 is 1.61. The van der Waals surface area contributed by atoms with Crippen molar-refractivity contribution in [3.8, 4) is 10.6 Å². The highest BCUT2D eigenvalue weighted by Gasteiger charge is 2.03. The van der Waals surface area contributed by atoms with E-state index in [9.17, 15) is 0 Å². The number of benzene rings is 1. The molecule has 0 spiro atoms. The van der Waals surface area contributed by atoms with Gasteiger partial charge in [0.05, 0.1) is 0 Å². The van der Waals surface area contributed by atoms with Crippen molar-refractivity contribution >= 4 is 11.3 Å². The molecule has 0 fully saturated rings. The SMILES string of the molecule is Cc1nnc(-c2ccc(CCN)cc2)s1. The van der Waals surface area contributed by atoms with Gasteiger partial charge in [-0.3, -0.25) is 0 Å². The zero-order chi connectivity index (χ0) is 10.7. The molecule has 0 saturated heterocycles. The molecule has 0 amide bonds. The Kier molecular flexibility index (Phi) is 3.08. The zero-order valence-corrected chi connectivity index (χ0v) is 9.42. The highest BCUT2D eigenvalue weighted by Crippen LogP contribution is 2.23. The van der Waals surface area contributed by atoms with Crippen molar-refractivity contribution in [3.63, 3.8) is 0 Å². The van der Waals surface area contributed by atoms with Crippen LogP contribution in [0.2, 0.25) is 0 Å². The minimum Gasteiger partial charge on any atom is -0.330 e. The summed E-state index contributed by atoms with van der Waals surface area (Å²) in [5, 5.41) is 10.1. The maximum Gasteiger partial charge on any atom is 0.147 e. The van der Waals surface area contributed by atoms with Crippen LogP contribution >= 0.6 is 11.3 Å². The number of rotatable bonds is 3. The minimum absolute atomic E-state index is 0.692. The van der Waals surface area contributed by atoms with E-state index in [1.165, 1.54) is 5.56 Å². The van der Waals surface area contributed by atoms with Crippen molar-refractivity contribution in [2.45, 2.75) is 13.3 Å². The quantitative estimate of drug-likeness (QED) is 0.859. The second-order valence-corrected chi connectivity index (χ2v) is 4.54. The van der Waals surface area contributed by atoms with Crippen LogP contribution in [0.5, 0.6) is 0 Å². The Morgan fingerprint density at radius 1 is 1.20 bits per heavy atom. The second-order valence-electron chi connectivity index (χ2n) is 3.36. The molecule has 0 radical (unpaired) electrons. The van der Waals surface area contributed by atoms with Crippen molar-refractivity contribution in [2.24, 2.45) is 5.73 Å². The van der Waals surface area contributed by atoms with Crippen LogP contribution in [0, 0.1) is 6.92 Å². The fourth-order valence-corrected chi connectivity index (χ4v) is 2.09. The third kappa shape index (κ3) is 2.40. The number of aryl methyl sites for hydroxylation is 1. The molecule has 3 nitrogen and oxygen atoms in total. The fraction of sp³-hybridized carbons (Fsp3) is 0.273. The Labute approximate surface area is 93.0 Å². The number of nitrogens with two attached hydrogens (primary N) is 1. The number of nitrogens with zero attached hydrogens (tertiary/aromatic N) is 2. The average molecular weight is 219 g/mol. The number of aromatic nitrogens is 2.